The molecule has 0 aliphatic carbocycles. The minimum atomic E-state index is -0.668. The zero-order valence-electron chi connectivity index (χ0n) is 9.48. The minimum absolute atomic E-state index is 0.342. The molecule has 0 spiro atoms. The molecule has 0 aliphatic rings. The molecule has 16 heavy (non-hydrogen) atoms. The van der Waals surface area contributed by atoms with Gasteiger partial charge in [0.25, 0.3) is 5.91 Å². The van der Waals surface area contributed by atoms with Crippen molar-refractivity contribution in [3.05, 3.63) is 29.6 Å². The minimum Gasteiger partial charge on any atom is -0.467 e. The summed E-state index contributed by atoms with van der Waals surface area (Å²) < 4.78 is 4.50. The summed E-state index contributed by atoms with van der Waals surface area (Å²) in [5.74, 6) is -0.821. The molecule has 1 atom stereocenters. The summed E-state index contributed by atoms with van der Waals surface area (Å²) in [5.41, 5.74) is 1.25. The van der Waals surface area contributed by atoms with E-state index in [1.807, 2.05) is 6.92 Å². The molecular formula is C11H14N2O3. The molecule has 0 saturated heterocycles. The molecule has 0 saturated carbocycles. The maximum absolute atomic E-state index is 11.6. The topological polar surface area (TPSA) is 68.3 Å². The van der Waals surface area contributed by atoms with Crippen LogP contribution in [0.25, 0.3) is 0 Å². The number of hydrogen-bond acceptors (Lipinski definition) is 4. The molecule has 1 amide bonds. The molecule has 1 aromatic rings. The van der Waals surface area contributed by atoms with Crippen LogP contribution in [0.4, 0.5) is 0 Å². The van der Waals surface area contributed by atoms with Crippen LogP contribution >= 0.6 is 0 Å². The lowest BCUT2D eigenvalue weighted by atomic mass is 10.2. The summed E-state index contributed by atoms with van der Waals surface area (Å²) in [4.78, 5) is 26.7. The number of rotatable bonds is 3. The van der Waals surface area contributed by atoms with E-state index in [4.69, 9.17) is 0 Å². The summed E-state index contributed by atoms with van der Waals surface area (Å²) in [5, 5.41) is 2.51. The van der Waals surface area contributed by atoms with Gasteiger partial charge in [0.1, 0.15) is 6.04 Å². The van der Waals surface area contributed by atoms with E-state index in [2.05, 4.69) is 15.0 Å². The zero-order valence-corrected chi connectivity index (χ0v) is 9.48. The first-order chi connectivity index (χ1) is 7.54. The monoisotopic (exact) mass is 222 g/mol. The van der Waals surface area contributed by atoms with Gasteiger partial charge < -0.3 is 10.1 Å². The van der Waals surface area contributed by atoms with Crippen LogP contribution in [0.5, 0.6) is 0 Å². The number of methoxy groups -OCH3 is 1. The van der Waals surface area contributed by atoms with Crippen LogP contribution in [0.1, 0.15) is 23.0 Å². The molecule has 1 N–H and O–H groups in total. The van der Waals surface area contributed by atoms with Crippen molar-refractivity contribution in [1.29, 1.82) is 0 Å². The van der Waals surface area contributed by atoms with E-state index in [-0.39, 0.29) is 5.91 Å². The number of ether oxygens (including phenoxy) is 1. The van der Waals surface area contributed by atoms with Gasteiger partial charge in [-0.2, -0.15) is 0 Å². The lowest BCUT2D eigenvalue weighted by Gasteiger charge is -2.11. The van der Waals surface area contributed by atoms with E-state index < -0.39 is 12.0 Å². The van der Waals surface area contributed by atoms with E-state index in [1.165, 1.54) is 13.3 Å². The molecule has 0 radical (unpaired) electrons. The smallest absolute Gasteiger partial charge is 0.328 e. The Morgan fingerprint density at radius 2 is 2.12 bits per heavy atom. The van der Waals surface area contributed by atoms with Crippen LogP contribution in [0.2, 0.25) is 0 Å². The number of hydrogen-bond donors (Lipinski definition) is 1. The number of aryl methyl sites for hydroxylation is 1. The Morgan fingerprint density at radius 3 is 2.62 bits per heavy atom. The number of esters is 1. The number of carbonyl (C=O) groups is 2. The quantitative estimate of drug-likeness (QED) is 0.764. The van der Waals surface area contributed by atoms with Crippen LogP contribution < -0.4 is 5.32 Å². The molecule has 0 aliphatic heterocycles. The molecule has 5 heteroatoms. The largest absolute Gasteiger partial charge is 0.467 e. The summed E-state index contributed by atoms with van der Waals surface area (Å²) in [6.45, 7) is 3.39. The lowest BCUT2D eigenvalue weighted by Crippen LogP contribution is -2.39. The third-order valence-corrected chi connectivity index (χ3v) is 2.08. The number of aromatic nitrogens is 1. The fraction of sp³-hybridized carbons (Fsp3) is 0.364. The molecule has 1 rings (SSSR count). The number of carbonyl (C=O) groups excluding carboxylic acids is 2. The van der Waals surface area contributed by atoms with Gasteiger partial charge in [0.05, 0.1) is 12.7 Å². The molecule has 1 heterocycles. The van der Waals surface area contributed by atoms with Crippen molar-refractivity contribution in [3.63, 3.8) is 0 Å². The van der Waals surface area contributed by atoms with Crippen LogP contribution in [0, 0.1) is 6.92 Å². The number of nitrogens with zero attached hydrogens (tertiary/aromatic N) is 1. The molecule has 1 unspecified atom stereocenters. The third kappa shape index (κ3) is 3.05. The van der Waals surface area contributed by atoms with Crippen molar-refractivity contribution in [3.8, 4) is 0 Å². The Balaban J connectivity index is 2.65. The molecule has 0 aromatic carbocycles. The SMILES string of the molecule is COC(=O)C(C)NC(=O)c1ccc(C)nc1. The Hall–Kier alpha value is -1.91. The number of amides is 1. The van der Waals surface area contributed by atoms with Crippen molar-refractivity contribution in [1.82, 2.24) is 10.3 Å². The van der Waals surface area contributed by atoms with Gasteiger partial charge in [0, 0.05) is 11.9 Å². The molecule has 86 valence electrons. The van der Waals surface area contributed by atoms with E-state index >= 15 is 0 Å². The summed E-state index contributed by atoms with van der Waals surface area (Å²) in [7, 11) is 1.28. The van der Waals surface area contributed by atoms with E-state index in [1.54, 1.807) is 19.1 Å². The molecule has 5 nitrogen and oxygen atoms in total. The second-order valence-corrected chi connectivity index (χ2v) is 3.41. The molecule has 0 fully saturated rings. The zero-order chi connectivity index (χ0) is 12.1. The fourth-order valence-electron chi connectivity index (χ4n) is 1.12. The van der Waals surface area contributed by atoms with Gasteiger partial charge in [-0.3, -0.25) is 9.78 Å². The van der Waals surface area contributed by atoms with Gasteiger partial charge >= 0.3 is 5.97 Å². The van der Waals surface area contributed by atoms with Crippen molar-refractivity contribution in [2.24, 2.45) is 0 Å². The predicted molar refractivity (Wildman–Crippen MR) is 57.9 cm³/mol. The number of pyridine rings is 1. The molecule has 1 aromatic heterocycles. The Bertz CT molecular complexity index is 387. The maximum Gasteiger partial charge on any atom is 0.328 e. The van der Waals surface area contributed by atoms with Crippen LogP contribution in [0.15, 0.2) is 18.3 Å². The second-order valence-electron chi connectivity index (χ2n) is 3.41. The van der Waals surface area contributed by atoms with Gasteiger partial charge in [0.2, 0.25) is 0 Å². The first-order valence-corrected chi connectivity index (χ1v) is 4.86. The highest BCUT2D eigenvalue weighted by molar-refractivity contribution is 5.96. The highest BCUT2D eigenvalue weighted by Gasteiger charge is 2.16. The van der Waals surface area contributed by atoms with Crippen molar-refractivity contribution in [2.45, 2.75) is 19.9 Å². The summed E-state index contributed by atoms with van der Waals surface area (Å²) >= 11 is 0. The van der Waals surface area contributed by atoms with E-state index in [9.17, 15) is 9.59 Å². The van der Waals surface area contributed by atoms with E-state index in [0.717, 1.165) is 5.69 Å². The van der Waals surface area contributed by atoms with Crippen LogP contribution in [-0.2, 0) is 9.53 Å². The highest BCUT2D eigenvalue weighted by Crippen LogP contribution is 2.00. The first kappa shape index (κ1) is 12.2. The van der Waals surface area contributed by atoms with Crippen molar-refractivity contribution >= 4 is 11.9 Å². The maximum atomic E-state index is 11.6. The van der Waals surface area contributed by atoms with Gasteiger partial charge in [-0.15, -0.1) is 0 Å². The summed E-state index contributed by atoms with van der Waals surface area (Å²) in [6, 6.07) is 2.72. The first-order valence-electron chi connectivity index (χ1n) is 4.86. The normalized spacial score (nSPS) is 11.7. The van der Waals surface area contributed by atoms with Crippen LogP contribution in [0.3, 0.4) is 0 Å². The molecule has 0 bridgehead atoms. The fourth-order valence-corrected chi connectivity index (χ4v) is 1.12. The average molecular weight is 222 g/mol. The Morgan fingerprint density at radius 1 is 1.44 bits per heavy atom. The highest BCUT2D eigenvalue weighted by atomic mass is 16.5. The molecular weight excluding hydrogens is 208 g/mol. The van der Waals surface area contributed by atoms with Crippen LogP contribution in [-0.4, -0.2) is 30.0 Å². The van der Waals surface area contributed by atoms with E-state index in [0.29, 0.717) is 5.56 Å². The predicted octanol–water partition coefficient (Wildman–Crippen LogP) is 0.681. The third-order valence-electron chi connectivity index (χ3n) is 2.08. The van der Waals surface area contributed by atoms with Crippen molar-refractivity contribution < 1.29 is 14.3 Å². The van der Waals surface area contributed by atoms with Gasteiger partial charge in [-0.25, -0.2) is 4.79 Å². The van der Waals surface area contributed by atoms with Gasteiger partial charge in [-0.1, -0.05) is 0 Å². The Labute approximate surface area is 93.8 Å². The second kappa shape index (κ2) is 5.25. The average Bonchev–Trinajstić information content (AvgIpc) is 2.28. The van der Waals surface area contributed by atoms with Crippen molar-refractivity contribution in [2.75, 3.05) is 7.11 Å². The van der Waals surface area contributed by atoms with Gasteiger partial charge in [-0.05, 0) is 26.0 Å². The standard InChI is InChI=1S/C11H14N2O3/c1-7-4-5-9(6-12-7)10(14)13-8(2)11(15)16-3/h4-6,8H,1-3H3,(H,13,14). The Kier molecular flexibility index (Phi) is 3.99. The summed E-state index contributed by atoms with van der Waals surface area (Å²) in [6.07, 6.45) is 1.47. The number of nitrogens with one attached hydrogen (secondary N) is 1. The lowest BCUT2D eigenvalue weighted by molar-refractivity contribution is -0.142. The van der Waals surface area contributed by atoms with Gasteiger partial charge in [0.15, 0.2) is 0 Å².